The Hall–Kier alpha value is -2.82. The molecule has 0 saturated carbocycles. The predicted molar refractivity (Wildman–Crippen MR) is 95.9 cm³/mol. The van der Waals surface area contributed by atoms with Gasteiger partial charge in [-0.1, -0.05) is 30.3 Å². The molecule has 2 aromatic rings. The first-order chi connectivity index (χ1) is 12.2. The van der Waals surface area contributed by atoms with Crippen LogP contribution in [-0.2, 0) is 16.0 Å². The van der Waals surface area contributed by atoms with Crippen LogP contribution < -0.4 is 10.2 Å². The molecule has 2 aliphatic heterocycles. The van der Waals surface area contributed by atoms with Crippen LogP contribution in [0, 0.1) is 0 Å². The highest BCUT2D eigenvalue weighted by Crippen LogP contribution is 2.29. The summed E-state index contributed by atoms with van der Waals surface area (Å²) in [6.07, 6.45) is 1.94. The number of rotatable bonds is 3. The third kappa shape index (κ3) is 3.09. The molecule has 128 valence electrons. The number of cyclic esters (lactones) is 1. The summed E-state index contributed by atoms with van der Waals surface area (Å²) in [5.74, 6) is -0.718. The molecular weight excluding hydrogens is 316 g/mol. The molecule has 1 atom stereocenters. The number of amides is 1. The zero-order chi connectivity index (χ0) is 17.2. The minimum atomic E-state index is -0.797. The Labute approximate surface area is 146 Å². The first-order valence-electron chi connectivity index (χ1n) is 8.66. The Kier molecular flexibility index (Phi) is 4.14. The van der Waals surface area contributed by atoms with Gasteiger partial charge in [0.15, 0.2) is 6.10 Å². The lowest BCUT2D eigenvalue weighted by Crippen LogP contribution is -2.38. The van der Waals surface area contributed by atoms with Crippen LogP contribution in [0.3, 0.4) is 0 Å². The molecule has 4 rings (SSSR count). The Morgan fingerprint density at radius 3 is 2.60 bits per heavy atom. The van der Waals surface area contributed by atoms with Crippen molar-refractivity contribution in [3.8, 4) is 0 Å². The summed E-state index contributed by atoms with van der Waals surface area (Å²) >= 11 is 0. The summed E-state index contributed by atoms with van der Waals surface area (Å²) in [7, 11) is 0. The number of anilines is 2. The molecule has 5 nitrogen and oxygen atoms in total. The van der Waals surface area contributed by atoms with Gasteiger partial charge in [0.05, 0.1) is 16.9 Å². The van der Waals surface area contributed by atoms with Crippen molar-refractivity contribution >= 4 is 23.3 Å². The van der Waals surface area contributed by atoms with E-state index in [9.17, 15) is 9.59 Å². The van der Waals surface area contributed by atoms with E-state index in [1.807, 2.05) is 36.4 Å². The fourth-order valence-electron chi connectivity index (χ4n) is 3.50. The lowest BCUT2D eigenvalue weighted by Gasteiger charge is -2.25. The first kappa shape index (κ1) is 15.7. The van der Waals surface area contributed by atoms with Crippen LogP contribution in [0.5, 0.6) is 0 Å². The van der Waals surface area contributed by atoms with Crippen LogP contribution in [0.4, 0.5) is 11.4 Å². The lowest BCUT2D eigenvalue weighted by atomic mass is 9.98. The maximum absolute atomic E-state index is 12.7. The molecule has 2 heterocycles. The number of carbonyl (C=O) groups excluding carboxylic acids is 2. The average Bonchev–Trinajstić information content (AvgIpc) is 3.16. The molecular formula is C20H20N2O3. The number of hydrogen-bond donors (Lipinski definition) is 1. The molecule has 1 amide bonds. The van der Waals surface area contributed by atoms with Crippen molar-refractivity contribution in [1.29, 1.82) is 0 Å². The van der Waals surface area contributed by atoms with Crippen molar-refractivity contribution in [3.63, 3.8) is 0 Å². The highest BCUT2D eigenvalue weighted by atomic mass is 16.5. The number of nitrogens with zero attached hydrogens (tertiary/aromatic N) is 1. The number of benzene rings is 2. The molecule has 1 saturated heterocycles. The van der Waals surface area contributed by atoms with E-state index in [-0.39, 0.29) is 5.91 Å². The van der Waals surface area contributed by atoms with Gasteiger partial charge in [-0.25, -0.2) is 4.79 Å². The maximum Gasteiger partial charge on any atom is 0.339 e. The van der Waals surface area contributed by atoms with Crippen molar-refractivity contribution in [1.82, 2.24) is 0 Å². The smallest absolute Gasteiger partial charge is 0.339 e. The zero-order valence-corrected chi connectivity index (χ0v) is 13.9. The Balaban J connectivity index is 1.53. The average molecular weight is 336 g/mol. The van der Waals surface area contributed by atoms with Gasteiger partial charge in [-0.3, -0.25) is 4.79 Å². The number of hydrogen-bond acceptors (Lipinski definition) is 4. The SMILES string of the molecule is O=C1OC(C(=O)Nc2ccccc2N2CCCC2)Cc2ccccc21. The molecule has 1 unspecified atom stereocenters. The van der Waals surface area contributed by atoms with E-state index in [4.69, 9.17) is 4.74 Å². The minimum Gasteiger partial charge on any atom is -0.448 e. The van der Waals surface area contributed by atoms with Gasteiger partial charge in [0.1, 0.15) is 0 Å². The summed E-state index contributed by atoms with van der Waals surface area (Å²) < 4.78 is 5.35. The van der Waals surface area contributed by atoms with Crippen LogP contribution in [0.1, 0.15) is 28.8 Å². The number of esters is 1. The molecule has 1 fully saturated rings. The van der Waals surface area contributed by atoms with E-state index < -0.39 is 12.1 Å². The lowest BCUT2D eigenvalue weighted by molar-refractivity contribution is -0.125. The third-order valence-corrected chi connectivity index (χ3v) is 4.79. The van der Waals surface area contributed by atoms with Gasteiger partial charge in [-0.2, -0.15) is 0 Å². The van der Waals surface area contributed by atoms with E-state index in [0.717, 1.165) is 30.0 Å². The standard InChI is InChI=1S/C20H20N2O3/c23-19(18-13-14-7-1-2-8-15(14)20(24)25-18)21-16-9-3-4-10-17(16)22-11-5-6-12-22/h1-4,7-10,18H,5-6,11-13H2,(H,21,23). The topological polar surface area (TPSA) is 58.6 Å². The number of fused-ring (bicyclic) bond motifs is 1. The van der Waals surface area contributed by atoms with Crippen molar-refractivity contribution in [2.24, 2.45) is 0 Å². The molecule has 2 aromatic carbocycles. The molecule has 1 N–H and O–H groups in total. The second-order valence-electron chi connectivity index (χ2n) is 6.46. The fourth-order valence-corrected chi connectivity index (χ4v) is 3.50. The molecule has 0 aliphatic carbocycles. The molecule has 0 radical (unpaired) electrons. The Bertz CT molecular complexity index is 812. The van der Waals surface area contributed by atoms with Crippen LogP contribution in [0.2, 0.25) is 0 Å². The van der Waals surface area contributed by atoms with Crippen LogP contribution in [-0.4, -0.2) is 31.1 Å². The van der Waals surface area contributed by atoms with Crippen molar-refractivity contribution in [2.75, 3.05) is 23.3 Å². The quantitative estimate of drug-likeness (QED) is 0.876. The van der Waals surface area contributed by atoms with Gasteiger partial charge in [0.2, 0.25) is 0 Å². The van der Waals surface area contributed by atoms with E-state index >= 15 is 0 Å². The van der Waals surface area contributed by atoms with E-state index in [1.54, 1.807) is 12.1 Å². The first-order valence-corrected chi connectivity index (χ1v) is 8.66. The van der Waals surface area contributed by atoms with Gasteiger partial charge in [0.25, 0.3) is 5.91 Å². The van der Waals surface area contributed by atoms with E-state index in [0.29, 0.717) is 12.0 Å². The molecule has 25 heavy (non-hydrogen) atoms. The van der Waals surface area contributed by atoms with Gasteiger partial charge < -0.3 is 15.0 Å². The second-order valence-corrected chi connectivity index (χ2v) is 6.46. The van der Waals surface area contributed by atoms with Crippen LogP contribution in [0.25, 0.3) is 0 Å². The van der Waals surface area contributed by atoms with E-state index in [1.165, 1.54) is 12.8 Å². The molecule has 2 aliphatic rings. The van der Waals surface area contributed by atoms with Crippen molar-refractivity contribution in [3.05, 3.63) is 59.7 Å². The molecule has 0 aromatic heterocycles. The van der Waals surface area contributed by atoms with Gasteiger partial charge >= 0.3 is 5.97 Å². The predicted octanol–water partition coefficient (Wildman–Crippen LogP) is 3.01. The van der Waals surface area contributed by atoms with Gasteiger partial charge in [-0.05, 0) is 36.6 Å². The molecule has 0 bridgehead atoms. The third-order valence-electron chi connectivity index (χ3n) is 4.79. The Morgan fingerprint density at radius 1 is 1.04 bits per heavy atom. The van der Waals surface area contributed by atoms with Crippen LogP contribution in [0.15, 0.2) is 48.5 Å². The minimum absolute atomic E-state index is 0.283. The summed E-state index contributed by atoms with van der Waals surface area (Å²) in [6, 6.07) is 15.1. The Morgan fingerprint density at radius 2 is 1.76 bits per heavy atom. The fraction of sp³-hybridized carbons (Fsp3) is 0.300. The number of nitrogens with one attached hydrogen (secondary N) is 1. The number of ether oxygens (including phenoxy) is 1. The van der Waals surface area contributed by atoms with Crippen molar-refractivity contribution < 1.29 is 14.3 Å². The monoisotopic (exact) mass is 336 g/mol. The summed E-state index contributed by atoms with van der Waals surface area (Å²) in [4.78, 5) is 27.1. The highest BCUT2D eigenvalue weighted by molar-refractivity contribution is 6.01. The van der Waals surface area contributed by atoms with Gasteiger partial charge in [-0.15, -0.1) is 0 Å². The van der Waals surface area contributed by atoms with Crippen LogP contribution >= 0.6 is 0 Å². The van der Waals surface area contributed by atoms with E-state index in [2.05, 4.69) is 10.2 Å². The number of carbonyl (C=O) groups is 2. The summed E-state index contributed by atoms with van der Waals surface area (Å²) in [5.41, 5.74) is 3.19. The zero-order valence-electron chi connectivity index (χ0n) is 13.9. The largest absolute Gasteiger partial charge is 0.448 e. The molecule has 0 spiro atoms. The van der Waals surface area contributed by atoms with Crippen molar-refractivity contribution in [2.45, 2.75) is 25.4 Å². The van der Waals surface area contributed by atoms with Gasteiger partial charge in [0, 0.05) is 19.5 Å². The maximum atomic E-state index is 12.7. The summed E-state index contributed by atoms with van der Waals surface area (Å²) in [6.45, 7) is 2.00. The second kappa shape index (κ2) is 6.59. The highest BCUT2D eigenvalue weighted by Gasteiger charge is 2.31. The normalized spacial score (nSPS) is 19.3. The molecule has 5 heteroatoms. The number of para-hydroxylation sites is 2. The summed E-state index contributed by atoms with van der Waals surface area (Å²) in [5, 5.41) is 2.95.